The van der Waals surface area contributed by atoms with E-state index in [9.17, 15) is 0 Å². The summed E-state index contributed by atoms with van der Waals surface area (Å²) in [6.45, 7) is 4.04. The number of hydrogen-bond acceptors (Lipinski definition) is 2. The summed E-state index contributed by atoms with van der Waals surface area (Å²) in [6.07, 6.45) is 0.877. The molecule has 0 aliphatic heterocycles. The standard InChI is InChI=1S/C18H21N3/c1-3-21-17-7-5-4-6-16(17)20-18(21)12-14-8-10-15(11-9-14)13-19-2/h4-11,19H,3,12-13H2,1-2H3. The zero-order chi connectivity index (χ0) is 14.7. The summed E-state index contributed by atoms with van der Waals surface area (Å²) in [7, 11) is 1.97. The summed E-state index contributed by atoms with van der Waals surface area (Å²) in [6, 6.07) is 17.1. The molecule has 0 saturated carbocycles. The van der Waals surface area contributed by atoms with Crippen LogP contribution in [0.15, 0.2) is 48.5 Å². The van der Waals surface area contributed by atoms with E-state index >= 15 is 0 Å². The Kier molecular flexibility index (Phi) is 4.02. The Labute approximate surface area is 125 Å². The molecule has 0 aliphatic carbocycles. The molecule has 3 rings (SSSR count). The highest BCUT2D eigenvalue weighted by Crippen LogP contribution is 2.18. The van der Waals surface area contributed by atoms with Crippen LogP contribution in [0.25, 0.3) is 11.0 Å². The van der Waals surface area contributed by atoms with Gasteiger partial charge in [0, 0.05) is 19.5 Å². The van der Waals surface area contributed by atoms with Crippen molar-refractivity contribution in [2.75, 3.05) is 7.05 Å². The molecule has 0 aliphatic rings. The van der Waals surface area contributed by atoms with E-state index < -0.39 is 0 Å². The molecule has 1 N–H and O–H groups in total. The number of hydrogen-bond donors (Lipinski definition) is 1. The van der Waals surface area contributed by atoms with E-state index in [2.05, 4.69) is 59.3 Å². The number of aryl methyl sites for hydroxylation is 1. The minimum absolute atomic E-state index is 0.877. The van der Waals surface area contributed by atoms with Crippen LogP contribution in [0.5, 0.6) is 0 Å². The predicted octanol–water partition coefficient (Wildman–Crippen LogP) is 3.37. The summed E-state index contributed by atoms with van der Waals surface area (Å²) >= 11 is 0. The van der Waals surface area contributed by atoms with Crippen molar-refractivity contribution in [2.45, 2.75) is 26.4 Å². The van der Waals surface area contributed by atoms with Gasteiger partial charge in [0.25, 0.3) is 0 Å². The van der Waals surface area contributed by atoms with Gasteiger partial charge in [-0.1, -0.05) is 36.4 Å². The number of rotatable bonds is 5. The van der Waals surface area contributed by atoms with Gasteiger partial charge in [-0.3, -0.25) is 0 Å². The Bertz CT molecular complexity index is 726. The average Bonchev–Trinajstić information content (AvgIpc) is 2.86. The Morgan fingerprint density at radius 2 is 1.71 bits per heavy atom. The summed E-state index contributed by atoms with van der Waals surface area (Å²) in [5.41, 5.74) is 4.92. The van der Waals surface area contributed by atoms with Crippen LogP contribution in [0, 0.1) is 0 Å². The second-order valence-electron chi connectivity index (χ2n) is 5.28. The van der Waals surface area contributed by atoms with Crippen LogP contribution in [0.2, 0.25) is 0 Å². The molecule has 3 aromatic rings. The minimum atomic E-state index is 0.877. The molecule has 0 spiro atoms. The molecule has 1 aromatic heterocycles. The SMILES string of the molecule is CCn1c(Cc2ccc(CNC)cc2)nc2ccccc21. The van der Waals surface area contributed by atoms with E-state index in [0.717, 1.165) is 30.9 Å². The molecule has 0 bridgehead atoms. The molecular weight excluding hydrogens is 258 g/mol. The first kappa shape index (κ1) is 13.8. The molecule has 21 heavy (non-hydrogen) atoms. The summed E-state index contributed by atoms with van der Waals surface area (Å²) in [4.78, 5) is 4.79. The Balaban J connectivity index is 1.90. The van der Waals surface area contributed by atoms with Gasteiger partial charge in [0.15, 0.2) is 0 Å². The number of benzene rings is 2. The van der Waals surface area contributed by atoms with Gasteiger partial charge in [-0.05, 0) is 37.2 Å². The van der Waals surface area contributed by atoms with Gasteiger partial charge in [-0.15, -0.1) is 0 Å². The van der Waals surface area contributed by atoms with Crippen LogP contribution >= 0.6 is 0 Å². The fourth-order valence-electron chi connectivity index (χ4n) is 2.77. The zero-order valence-corrected chi connectivity index (χ0v) is 12.6. The van der Waals surface area contributed by atoms with Gasteiger partial charge < -0.3 is 9.88 Å². The molecule has 3 nitrogen and oxygen atoms in total. The number of fused-ring (bicyclic) bond motifs is 1. The lowest BCUT2D eigenvalue weighted by Gasteiger charge is -2.07. The molecule has 0 unspecified atom stereocenters. The first-order chi connectivity index (χ1) is 10.3. The quantitative estimate of drug-likeness (QED) is 0.776. The second-order valence-corrected chi connectivity index (χ2v) is 5.28. The highest BCUT2D eigenvalue weighted by Gasteiger charge is 2.09. The van der Waals surface area contributed by atoms with E-state index in [1.165, 1.54) is 16.6 Å². The van der Waals surface area contributed by atoms with Crippen molar-refractivity contribution < 1.29 is 0 Å². The first-order valence-electron chi connectivity index (χ1n) is 7.48. The normalized spacial score (nSPS) is 11.1. The third-order valence-electron chi connectivity index (χ3n) is 3.82. The predicted molar refractivity (Wildman–Crippen MR) is 87.4 cm³/mol. The van der Waals surface area contributed by atoms with Gasteiger partial charge in [-0.25, -0.2) is 4.98 Å². The van der Waals surface area contributed by atoms with Crippen LogP contribution in [0.3, 0.4) is 0 Å². The Hall–Kier alpha value is -2.13. The van der Waals surface area contributed by atoms with Gasteiger partial charge in [0.2, 0.25) is 0 Å². The number of aromatic nitrogens is 2. The van der Waals surface area contributed by atoms with Crippen molar-refractivity contribution in [3.63, 3.8) is 0 Å². The monoisotopic (exact) mass is 279 g/mol. The number of imidazole rings is 1. The third-order valence-corrected chi connectivity index (χ3v) is 3.82. The summed E-state index contributed by atoms with van der Waals surface area (Å²) < 4.78 is 2.30. The van der Waals surface area contributed by atoms with Crippen LogP contribution < -0.4 is 5.32 Å². The Morgan fingerprint density at radius 3 is 2.43 bits per heavy atom. The van der Waals surface area contributed by atoms with E-state index in [1.54, 1.807) is 0 Å². The fraction of sp³-hybridized carbons (Fsp3) is 0.278. The molecule has 0 atom stereocenters. The van der Waals surface area contributed by atoms with E-state index in [1.807, 2.05) is 13.1 Å². The molecular formula is C18H21N3. The van der Waals surface area contributed by atoms with Crippen LogP contribution in [-0.2, 0) is 19.5 Å². The molecule has 2 aromatic carbocycles. The highest BCUT2D eigenvalue weighted by molar-refractivity contribution is 5.76. The van der Waals surface area contributed by atoms with Crippen molar-refractivity contribution in [1.29, 1.82) is 0 Å². The number of nitrogens with one attached hydrogen (secondary N) is 1. The van der Waals surface area contributed by atoms with Crippen molar-refractivity contribution in [2.24, 2.45) is 0 Å². The largest absolute Gasteiger partial charge is 0.328 e. The van der Waals surface area contributed by atoms with Crippen LogP contribution in [0.1, 0.15) is 23.9 Å². The summed E-state index contributed by atoms with van der Waals surface area (Å²) in [5.74, 6) is 1.14. The molecule has 3 heteroatoms. The maximum Gasteiger partial charge on any atom is 0.114 e. The lowest BCUT2D eigenvalue weighted by molar-refractivity contribution is 0.733. The number of para-hydroxylation sites is 2. The molecule has 0 amide bonds. The second kappa shape index (κ2) is 6.10. The number of nitrogens with zero attached hydrogens (tertiary/aromatic N) is 2. The lowest BCUT2D eigenvalue weighted by Crippen LogP contribution is -2.05. The maximum atomic E-state index is 4.79. The van der Waals surface area contributed by atoms with Crippen molar-refractivity contribution in [1.82, 2.24) is 14.9 Å². The molecule has 0 fully saturated rings. The van der Waals surface area contributed by atoms with Crippen molar-refractivity contribution in [3.05, 3.63) is 65.5 Å². The van der Waals surface area contributed by atoms with Crippen LogP contribution in [-0.4, -0.2) is 16.6 Å². The van der Waals surface area contributed by atoms with Crippen molar-refractivity contribution in [3.8, 4) is 0 Å². The molecule has 1 heterocycles. The molecule has 108 valence electrons. The maximum absolute atomic E-state index is 4.79. The topological polar surface area (TPSA) is 29.9 Å². The van der Waals surface area contributed by atoms with Gasteiger partial charge in [-0.2, -0.15) is 0 Å². The third kappa shape index (κ3) is 2.83. The van der Waals surface area contributed by atoms with Crippen molar-refractivity contribution >= 4 is 11.0 Å². The van der Waals surface area contributed by atoms with E-state index in [-0.39, 0.29) is 0 Å². The smallest absolute Gasteiger partial charge is 0.114 e. The van der Waals surface area contributed by atoms with Gasteiger partial charge in [0.1, 0.15) is 5.82 Å². The van der Waals surface area contributed by atoms with E-state index in [4.69, 9.17) is 4.98 Å². The van der Waals surface area contributed by atoms with Gasteiger partial charge in [0.05, 0.1) is 11.0 Å². The van der Waals surface area contributed by atoms with E-state index in [0.29, 0.717) is 0 Å². The Morgan fingerprint density at radius 1 is 1.00 bits per heavy atom. The summed E-state index contributed by atoms with van der Waals surface area (Å²) in [5, 5.41) is 3.17. The first-order valence-corrected chi connectivity index (χ1v) is 7.48. The van der Waals surface area contributed by atoms with Gasteiger partial charge >= 0.3 is 0 Å². The van der Waals surface area contributed by atoms with Crippen LogP contribution in [0.4, 0.5) is 0 Å². The fourth-order valence-corrected chi connectivity index (χ4v) is 2.77. The minimum Gasteiger partial charge on any atom is -0.328 e. The highest BCUT2D eigenvalue weighted by atomic mass is 15.1. The lowest BCUT2D eigenvalue weighted by atomic mass is 10.1. The molecule has 0 radical (unpaired) electrons. The zero-order valence-electron chi connectivity index (χ0n) is 12.6. The molecule has 0 saturated heterocycles. The average molecular weight is 279 g/mol.